The van der Waals surface area contributed by atoms with Gasteiger partial charge in [-0.25, -0.2) is 0 Å². The number of para-hydroxylation sites is 1. The van der Waals surface area contributed by atoms with Crippen molar-refractivity contribution in [3.63, 3.8) is 0 Å². The Morgan fingerprint density at radius 1 is 1.59 bits per heavy atom. The third-order valence-electron chi connectivity index (χ3n) is 1.58. The van der Waals surface area contributed by atoms with Crippen LogP contribution in [0.3, 0.4) is 0 Å². The van der Waals surface area contributed by atoms with Gasteiger partial charge in [-0.15, -0.1) is 0 Å². The predicted octanol–water partition coefficient (Wildman–Crippen LogP) is -0.272. The van der Waals surface area contributed by atoms with Gasteiger partial charge in [0.2, 0.25) is 0 Å². The van der Waals surface area contributed by atoms with E-state index in [4.69, 9.17) is 10.5 Å². The molecule has 0 saturated carbocycles. The Bertz CT molecular complexity index is 398. The van der Waals surface area contributed by atoms with Crippen molar-refractivity contribution in [1.82, 2.24) is 0 Å². The molecule has 0 aliphatic rings. The molecular formula is C9H11N3NiO4. The molecule has 0 unspecified atom stereocenters. The van der Waals surface area contributed by atoms with Gasteiger partial charge in [-0.1, -0.05) is 17.9 Å². The Morgan fingerprint density at radius 3 is 2.76 bits per heavy atom. The SMILES string of the molecule is COc1cccc(C=N[N-]C(N)=O)c1[O-].O.[Ni+2]. The van der Waals surface area contributed by atoms with E-state index in [0.717, 1.165) is 6.21 Å². The van der Waals surface area contributed by atoms with Crippen LogP contribution in [0.25, 0.3) is 5.43 Å². The van der Waals surface area contributed by atoms with Crippen LogP contribution in [-0.4, -0.2) is 24.8 Å². The van der Waals surface area contributed by atoms with Crippen LogP contribution in [0, 0.1) is 0 Å². The van der Waals surface area contributed by atoms with Crippen molar-refractivity contribution < 1.29 is 36.6 Å². The summed E-state index contributed by atoms with van der Waals surface area (Å²) in [5.74, 6) is -0.110. The molecule has 7 nitrogen and oxygen atoms in total. The Morgan fingerprint density at radius 2 is 2.24 bits per heavy atom. The topological polar surface area (TPSA) is 133 Å². The van der Waals surface area contributed by atoms with Gasteiger partial charge in [-0.2, -0.15) is 0 Å². The fourth-order valence-electron chi connectivity index (χ4n) is 0.943. The van der Waals surface area contributed by atoms with E-state index in [-0.39, 0.29) is 39.0 Å². The minimum Gasteiger partial charge on any atom is -0.870 e. The van der Waals surface area contributed by atoms with Crippen molar-refractivity contribution in [2.24, 2.45) is 10.8 Å². The molecule has 0 bridgehead atoms. The minimum atomic E-state index is -0.915. The zero-order valence-corrected chi connectivity index (χ0v) is 9.81. The number of hydrogen-bond acceptors (Lipinski definition) is 4. The van der Waals surface area contributed by atoms with Gasteiger partial charge < -0.3 is 26.5 Å². The van der Waals surface area contributed by atoms with E-state index in [2.05, 4.69) is 10.5 Å². The molecule has 0 aromatic heterocycles. The molecule has 0 aliphatic heterocycles. The molecule has 0 spiro atoms. The number of amides is 2. The number of carbonyl (C=O) groups is 1. The molecule has 8 heteroatoms. The second-order valence-electron chi connectivity index (χ2n) is 2.56. The Kier molecular flexibility index (Phi) is 8.67. The Hall–Kier alpha value is -1.79. The first-order chi connectivity index (χ1) is 7.15. The van der Waals surface area contributed by atoms with E-state index in [9.17, 15) is 9.90 Å². The van der Waals surface area contributed by atoms with E-state index in [1.165, 1.54) is 19.2 Å². The second-order valence-corrected chi connectivity index (χ2v) is 2.56. The van der Waals surface area contributed by atoms with Crippen molar-refractivity contribution in [1.29, 1.82) is 0 Å². The van der Waals surface area contributed by atoms with Crippen molar-refractivity contribution in [3.8, 4) is 11.5 Å². The molecule has 0 radical (unpaired) electrons. The summed E-state index contributed by atoms with van der Waals surface area (Å²) in [4.78, 5) is 10.2. The van der Waals surface area contributed by atoms with Crippen LogP contribution in [0.4, 0.5) is 4.79 Å². The summed E-state index contributed by atoms with van der Waals surface area (Å²) in [5.41, 5.74) is 8.05. The number of benzene rings is 1. The van der Waals surface area contributed by atoms with Crippen LogP contribution in [0.1, 0.15) is 5.56 Å². The third kappa shape index (κ3) is 5.19. The van der Waals surface area contributed by atoms with Gasteiger partial charge in [-0.05, 0) is 11.6 Å². The molecule has 2 amide bonds. The molecule has 4 N–H and O–H groups in total. The molecule has 0 atom stereocenters. The first-order valence-corrected chi connectivity index (χ1v) is 4.02. The molecular weight excluding hydrogens is 273 g/mol. The Labute approximate surface area is 108 Å². The van der Waals surface area contributed by atoms with Gasteiger partial charge in [0.05, 0.1) is 7.11 Å². The molecule has 17 heavy (non-hydrogen) atoms. The zero-order chi connectivity index (χ0) is 11.3. The normalized spacial score (nSPS) is 9.00. The molecule has 1 aromatic rings. The van der Waals surface area contributed by atoms with E-state index >= 15 is 0 Å². The first kappa shape index (κ1) is 17.6. The third-order valence-corrected chi connectivity index (χ3v) is 1.58. The summed E-state index contributed by atoms with van der Waals surface area (Å²) in [7, 11) is 1.39. The minimum absolute atomic E-state index is 0. The molecule has 0 fully saturated rings. The van der Waals surface area contributed by atoms with Crippen LogP contribution in [0.15, 0.2) is 23.3 Å². The van der Waals surface area contributed by atoms with E-state index < -0.39 is 6.03 Å². The number of methoxy groups -OCH3 is 1. The summed E-state index contributed by atoms with van der Waals surface area (Å²) in [5, 5.41) is 14.8. The number of carbonyl (C=O) groups excluding carboxylic acids is 1. The predicted molar refractivity (Wildman–Crippen MR) is 56.6 cm³/mol. The van der Waals surface area contributed by atoms with Crippen molar-refractivity contribution in [3.05, 3.63) is 29.2 Å². The van der Waals surface area contributed by atoms with Gasteiger partial charge in [0.1, 0.15) is 5.75 Å². The standard InChI is InChI=1S/C9H11N3O3.Ni.H2O/c1-15-7-4-2-3-6(8(7)13)5-11-12-9(10)14;;/h2-5H,1H3,(H4,10,11,12,13,14);;1H2/q;+2;/p-2. The van der Waals surface area contributed by atoms with Crippen molar-refractivity contribution in [2.45, 2.75) is 0 Å². The van der Waals surface area contributed by atoms with E-state index in [1.54, 1.807) is 6.07 Å². The maximum Gasteiger partial charge on any atom is 2.00 e. The zero-order valence-electron chi connectivity index (χ0n) is 8.82. The van der Waals surface area contributed by atoms with Gasteiger partial charge in [0.25, 0.3) is 0 Å². The van der Waals surface area contributed by atoms with Gasteiger partial charge in [0.15, 0.2) is 6.03 Å². The average molecular weight is 284 g/mol. The van der Waals surface area contributed by atoms with Crippen LogP contribution in [-0.2, 0) is 16.5 Å². The smallest absolute Gasteiger partial charge is 0.870 e. The van der Waals surface area contributed by atoms with Crippen molar-refractivity contribution in [2.75, 3.05) is 7.11 Å². The number of nitrogens with zero attached hydrogens (tertiary/aromatic N) is 2. The molecule has 0 aliphatic carbocycles. The number of urea groups is 1. The number of rotatable bonds is 3. The number of nitrogens with two attached hydrogens (primary N) is 1. The van der Waals surface area contributed by atoms with Crippen LogP contribution in [0.5, 0.6) is 11.5 Å². The fraction of sp³-hybridized carbons (Fsp3) is 0.111. The monoisotopic (exact) mass is 283 g/mol. The van der Waals surface area contributed by atoms with Crippen molar-refractivity contribution >= 4 is 12.2 Å². The first-order valence-electron chi connectivity index (χ1n) is 4.02. The second kappa shape index (κ2) is 8.38. The van der Waals surface area contributed by atoms with E-state index in [0.29, 0.717) is 0 Å². The van der Waals surface area contributed by atoms with Gasteiger partial charge in [-0.3, -0.25) is 9.90 Å². The molecule has 96 valence electrons. The number of hydrogen-bond donors (Lipinski definition) is 1. The van der Waals surface area contributed by atoms with Crippen LogP contribution < -0.4 is 15.6 Å². The molecule has 0 saturated heterocycles. The summed E-state index contributed by atoms with van der Waals surface area (Å²) in [6, 6.07) is 3.78. The summed E-state index contributed by atoms with van der Waals surface area (Å²) in [6.45, 7) is 0. The summed E-state index contributed by atoms with van der Waals surface area (Å²) < 4.78 is 4.82. The quantitative estimate of drug-likeness (QED) is 0.465. The molecule has 1 aromatic carbocycles. The molecule has 1 rings (SSSR count). The fourth-order valence-corrected chi connectivity index (χ4v) is 0.943. The van der Waals surface area contributed by atoms with E-state index in [1.807, 2.05) is 0 Å². The van der Waals surface area contributed by atoms with Crippen LogP contribution >= 0.6 is 0 Å². The maximum atomic E-state index is 11.5. The van der Waals surface area contributed by atoms with Crippen LogP contribution in [0.2, 0.25) is 0 Å². The number of primary amides is 1. The average Bonchev–Trinajstić information content (AvgIpc) is 2.20. The van der Waals surface area contributed by atoms with Gasteiger partial charge in [0, 0.05) is 6.21 Å². The maximum absolute atomic E-state index is 11.5. The Balaban J connectivity index is 0. The summed E-state index contributed by atoms with van der Waals surface area (Å²) in [6.07, 6.45) is 1.15. The summed E-state index contributed by atoms with van der Waals surface area (Å²) >= 11 is 0. The molecule has 0 heterocycles. The largest absolute Gasteiger partial charge is 2.00 e. The number of ether oxygens (including phenoxy) is 1. The van der Waals surface area contributed by atoms with Gasteiger partial charge >= 0.3 is 16.5 Å².